The normalized spacial score (nSPS) is 11.8. The van der Waals surface area contributed by atoms with Crippen LogP contribution in [0.25, 0.3) is 0 Å². The smallest absolute Gasteiger partial charge is 0.407 e. The molecule has 1 rings (SSSR count). The lowest BCUT2D eigenvalue weighted by Gasteiger charge is -2.23. The molecule has 0 aliphatic heterocycles. The van der Waals surface area contributed by atoms with Gasteiger partial charge in [0.1, 0.15) is 5.60 Å². The monoisotopic (exact) mass is 339 g/mol. The fourth-order valence-electron chi connectivity index (χ4n) is 2.42. The van der Waals surface area contributed by atoms with E-state index in [1.54, 1.807) is 0 Å². The first-order valence-corrected chi connectivity index (χ1v) is 8.61. The van der Waals surface area contributed by atoms with E-state index in [2.05, 4.69) is 28.3 Å². The maximum absolute atomic E-state index is 11.7. The highest BCUT2D eigenvalue weighted by atomic mass is 16.6. The minimum absolute atomic E-state index is 0.375. The SMILES string of the molecule is Cc1cc(C)n(CCN(CCCN)CCNC(=O)OC(C)(C)C)n1. The van der Waals surface area contributed by atoms with Gasteiger partial charge in [-0.1, -0.05) is 0 Å². The van der Waals surface area contributed by atoms with Crippen molar-refractivity contribution in [2.24, 2.45) is 5.73 Å². The molecule has 1 heterocycles. The Balaban J connectivity index is 2.41. The number of carbonyl (C=O) groups is 1. The van der Waals surface area contributed by atoms with Crippen LogP contribution in [0.3, 0.4) is 0 Å². The number of amides is 1. The average Bonchev–Trinajstić information content (AvgIpc) is 2.77. The first-order chi connectivity index (χ1) is 11.2. The highest BCUT2D eigenvalue weighted by Crippen LogP contribution is 2.06. The van der Waals surface area contributed by atoms with Gasteiger partial charge in [-0.3, -0.25) is 9.58 Å². The molecule has 1 aromatic heterocycles. The molecule has 0 aliphatic rings. The summed E-state index contributed by atoms with van der Waals surface area (Å²) in [5.74, 6) is 0. The molecule has 0 unspecified atom stereocenters. The lowest BCUT2D eigenvalue weighted by Crippen LogP contribution is -2.39. The summed E-state index contributed by atoms with van der Waals surface area (Å²) in [6.45, 7) is 14.2. The summed E-state index contributed by atoms with van der Waals surface area (Å²) in [5.41, 5.74) is 7.35. The molecule has 7 heteroatoms. The Morgan fingerprint density at radius 3 is 2.58 bits per heavy atom. The molecule has 1 amide bonds. The van der Waals surface area contributed by atoms with Crippen LogP contribution in [0.4, 0.5) is 4.79 Å². The molecule has 24 heavy (non-hydrogen) atoms. The zero-order chi connectivity index (χ0) is 18.2. The second-order valence-corrected chi connectivity index (χ2v) is 7.06. The summed E-state index contributed by atoms with van der Waals surface area (Å²) >= 11 is 0. The van der Waals surface area contributed by atoms with E-state index in [0.717, 1.165) is 44.0 Å². The van der Waals surface area contributed by atoms with Gasteiger partial charge in [-0.05, 0) is 60.2 Å². The number of rotatable bonds is 9. The Bertz CT molecular complexity index is 508. The Kier molecular flexibility index (Phi) is 8.21. The lowest BCUT2D eigenvalue weighted by atomic mass is 10.2. The summed E-state index contributed by atoms with van der Waals surface area (Å²) < 4.78 is 7.27. The van der Waals surface area contributed by atoms with E-state index < -0.39 is 5.60 Å². The average molecular weight is 339 g/mol. The zero-order valence-electron chi connectivity index (χ0n) is 15.8. The van der Waals surface area contributed by atoms with Crippen LogP contribution in [-0.2, 0) is 11.3 Å². The number of nitrogens with zero attached hydrogens (tertiary/aromatic N) is 3. The molecule has 0 fully saturated rings. The minimum atomic E-state index is -0.473. The maximum Gasteiger partial charge on any atom is 0.407 e. The Labute approximate surface area is 145 Å². The fraction of sp³-hybridized carbons (Fsp3) is 0.765. The van der Waals surface area contributed by atoms with Gasteiger partial charge in [-0.15, -0.1) is 0 Å². The minimum Gasteiger partial charge on any atom is -0.444 e. The quantitative estimate of drug-likeness (QED) is 0.715. The number of aromatic nitrogens is 2. The molecule has 0 aromatic carbocycles. The van der Waals surface area contributed by atoms with Gasteiger partial charge in [-0.2, -0.15) is 5.10 Å². The van der Waals surface area contributed by atoms with E-state index in [1.165, 1.54) is 0 Å². The van der Waals surface area contributed by atoms with E-state index in [-0.39, 0.29) is 6.09 Å². The molecule has 138 valence electrons. The lowest BCUT2D eigenvalue weighted by molar-refractivity contribution is 0.0521. The summed E-state index contributed by atoms with van der Waals surface area (Å²) in [5, 5.41) is 7.29. The van der Waals surface area contributed by atoms with E-state index in [4.69, 9.17) is 10.5 Å². The number of alkyl carbamates (subject to hydrolysis) is 1. The molecule has 1 aromatic rings. The van der Waals surface area contributed by atoms with E-state index in [9.17, 15) is 4.79 Å². The van der Waals surface area contributed by atoms with Crippen molar-refractivity contribution in [3.8, 4) is 0 Å². The molecule has 0 aliphatic carbocycles. The summed E-state index contributed by atoms with van der Waals surface area (Å²) in [6, 6.07) is 2.08. The molecular formula is C17H33N5O2. The van der Waals surface area contributed by atoms with Crippen molar-refractivity contribution in [2.45, 2.75) is 53.2 Å². The predicted molar refractivity (Wildman–Crippen MR) is 96.0 cm³/mol. The van der Waals surface area contributed by atoms with Gasteiger partial charge < -0.3 is 15.8 Å². The fourth-order valence-corrected chi connectivity index (χ4v) is 2.42. The second-order valence-electron chi connectivity index (χ2n) is 7.06. The van der Waals surface area contributed by atoms with Gasteiger partial charge in [-0.25, -0.2) is 4.79 Å². The molecule has 7 nitrogen and oxygen atoms in total. The van der Waals surface area contributed by atoms with Crippen molar-refractivity contribution in [1.29, 1.82) is 0 Å². The molecule has 0 radical (unpaired) electrons. The number of hydrogen-bond donors (Lipinski definition) is 2. The largest absolute Gasteiger partial charge is 0.444 e. The highest BCUT2D eigenvalue weighted by Gasteiger charge is 2.16. The number of hydrogen-bond acceptors (Lipinski definition) is 5. The molecule has 0 spiro atoms. The van der Waals surface area contributed by atoms with Crippen LogP contribution in [0.2, 0.25) is 0 Å². The first kappa shape index (κ1) is 20.4. The number of carbonyl (C=O) groups excluding carboxylic acids is 1. The summed E-state index contributed by atoms with van der Waals surface area (Å²) in [6.07, 6.45) is 0.559. The Morgan fingerprint density at radius 2 is 2.04 bits per heavy atom. The van der Waals surface area contributed by atoms with Crippen molar-refractivity contribution in [3.63, 3.8) is 0 Å². The van der Waals surface area contributed by atoms with Crippen LogP contribution in [0.15, 0.2) is 6.07 Å². The number of nitrogens with two attached hydrogens (primary N) is 1. The topological polar surface area (TPSA) is 85.4 Å². The zero-order valence-corrected chi connectivity index (χ0v) is 15.8. The van der Waals surface area contributed by atoms with Gasteiger partial charge in [0, 0.05) is 25.3 Å². The third-order valence-electron chi connectivity index (χ3n) is 3.51. The van der Waals surface area contributed by atoms with E-state index in [0.29, 0.717) is 13.1 Å². The van der Waals surface area contributed by atoms with E-state index >= 15 is 0 Å². The van der Waals surface area contributed by atoms with Gasteiger partial charge in [0.2, 0.25) is 0 Å². The molecule has 0 saturated heterocycles. The van der Waals surface area contributed by atoms with Crippen molar-refractivity contribution >= 4 is 6.09 Å². The summed E-state index contributed by atoms with van der Waals surface area (Å²) in [7, 11) is 0. The van der Waals surface area contributed by atoms with Crippen LogP contribution in [0.1, 0.15) is 38.6 Å². The molecular weight excluding hydrogens is 306 g/mol. The Hall–Kier alpha value is -1.60. The molecule has 0 saturated carbocycles. The van der Waals surface area contributed by atoms with Crippen LogP contribution in [0.5, 0.6) is 0 Å². The standard InChI is InChI=1S/C17H33N5O2/c1-14-13-15(2)22(20-14)12-11-21(9-6-7-18)10-8-19-16(23)24-17(3,4)5/h13H,6-12,18H2,1-5H3,(H,19,23). The number of aryl methyl sites for hydroxylation is 2. The number of ether oxygens (including phenoxy) is 1. The molecule has 3 N–H and O–H groups in total. The van der Waals surface area contributed by atoms with Crippen molar-refractivity contribution in [3.05, 3.63) is 17.5 Å². The molecule has 0 bridgehead atoms. The van der Waals surface area contributed by atoms with Crippen molar-refractivity contribution in [2.75, 3.05) is 32.7 Å². The van der Waals surface area contributed by atoms with Gasteiger partial charge in [0.25, 0.3) is 0 Å². The maximum atomic E-state index is 11.7. The highest BCUT2D eigenvalue weighted by molar-refractivity contribution is 5.67. The van der Waals surface area contributed by atoms with Gasteiger partial charge in [0.05, 0.1) is 12.2 Å². The van der Waals surface area contributed by atoms with Gasteiger partial charge >= 0.3 is 6.09 Å². The third kappa shape index (κ3) is 8.31. The summed E-state index contributed by atoms with van der Waals surface area (Å²) in [4.78, 5) is 14.0. The van der Waals surface area contributed by atoms with Crippen LogP contribution >= 0.6 is 0 Å². The van der Waals surface area contributed by atoms with Crippen molar-refractivity contribution < 1.29 is 9.53 Å². The third-order valence-corrected chi connectivity index (χ3v) is 3.51. The predicted octanol–water partition coefficient (Wildman–Crippen LogP) is 1.68. The van der Waals surface area contributed by atoms with Crippen molar-refractivity contribution in [1.82, 2.24) is 20.0 Å². The van der Waals surface area contributed by atoms with Crippen LogP contribution in [-0.4, -0.2) is 59.1 Å². The van der Waals surface area contributed by atoms with E-state index in [1.807, 2.05) is 32.4 Å². The van der Waals surface area contributed by atoms with Crippen LogP contribution < -0.4 is 11.1 Å². The second kappa shape index (κ2) is 9.64. The molecule has 0 atom stereocenters. The van der Waals surface area contributed by atoms with Crippen LogP contribution in [0, 0.1) is 13.8 Å². The number of nitrogens with one attached hydrogen (secondary N) is 1. The Morgan fingerprint density at radius 1 is 1.33 bits per heavy atom. The van der Waals surface area contributed by atoms with Gasteiger partial charge in [0.15, 0.2) is 0 Å². The first-order valence-electron chi connectivity index (χ1n) is 8.61.